The van der Waals surface area contributed by atoms with Gasteiger partial charge in [-0.3, -0.25) is 9.59 Å². The zero-order chi connectivity index (χ0) is 20.5. The normalized spacial score (nSPS) is 19.8. The number of cyclic esters (lactones) is 1. The Labute approximate surface area is 166 Å². The molecule has 1 aromatic carbocycles. The fraction of sp³-hybridized carbons (Fsp3) is 0.421. The molecule has 1 fully saturated rings. The van der Waals surface area contributed by atoms with Crippen molar-refractivity contribution in [3.63, 3.8) is 0 Å². The lowest BCUT2D eigenvalue weighted by Gasteiger charge is -2.32. The third kappa shape index (κ3) is 4.95. The van der Waals surface area contributed by atoms with Gasteiger partial charge >= 0.3 is 12.1 Å². The molecule has 3 rings (SSSR count). The smallest absolute Gasteiger partial charge is 0.408 e. The van der Waals surface area contributed by atoms with Crippen LogP contribution in [-0.2, 0) is 14.3 Å². The first-order valence-corrected chi connectivity index (χ1v) is 9.23. The van der Waals surface area contributed by atoms with Crippen molar-refractivity contribution >= 4 is 40.5 Å². The number of aromatic nitrogens is 1. The van der Waals surface area contributed by atoms with Crippen LogP contribution in [0.15, 0.2) is 24.3 Å². The Morgan fingerprint density at radius 3 is 2.68 bits per heavy atom. The molecular weight excluding hydrogens is 386 g/mol. The van der Waals surface area contributed by atoms with Gasteiger partial charge in [0, 0.05) is 15.9 Å². The van der Waals surface area contributed by atoms with Gasteiger partial charge in [-0.1, -0.05) is 11.6 Å². The molecule has 0 saturated carbocycles. The van der Waals surface area contributed by atoms with Gasteiger partial charge < -0.3 is 25.1 Å². The summed E-state index contributed by atoms with van der Waals surface area (Å²) in [6.45, 7) is 5.18. The van der Waals surface area contributed by atoms with Crippen molar-refractivity contribution in [3.8, 4) is 0 Å². The molecular formula is C19H22ClN3O5. The molecule has 150 valence electrons. The average molecular weight is 408 g/mol. The summed E-state index contributed by atoms with van der Waals surface area (Å²) in [4.78, 5) is 39.4. The Morgan fingerprint density at radius 2 is 1.96 bits per heavy atom. The number of fused-ring (bicyclic) bond motifs is 1. The molecule has 0 aliphatic carbocycles. The molecule has 0 bridgehead atoms. The van der Waals surface area contributed by atoms with Gasteiger partial charge in [-0.15, -0.1) is 0 Å². The molecule has 1 aromatic heterocycles. The average Bonchev–Trinajstić information content (AvgIpc) is 2.99. The number of carbonyl (C=O) groups is 3. The minimum atomic E-state index is -0.667. The number of ether oxygens (including phenoxy) is 2. The third-order valence-corrected chi connectivity index (χ3v) is 4.38. The van der Waals surface area contributed by atoms with Gasteiger partial charge in [0.25, 0.3) is 5.91 Å². The summed E-state index contributed by atoms with van der Waals surface area (Å²) in [5, 5.41) is 6.80. The van der Waals surface area contributed by atoms with Crippen molar-refractivity contribution < 1.29 is 23.9 Å². The van der Waals surface area contributed by atoms with Crippen LogP contribution < -0.4 is 10.6 Å². The number of halogens is 1. The van der Waals surface area contributed by atoms with E-state index in [1.54, 1.807) is 45.0 Å². The van der Waals surface area contributed by atoms with Gasteiger partial charge in [0.15, 0.2) is 0 Å². The summed E-state index contributed by atoms with van der Waals surface area (Å²) >= 11 is 5.97. The summed E-state index contributed by atoms with van der Waals surface area (Å²) in [5.74, 6) is -0.848. The van der Waals surface area contributed by atoms with E-state index in [1.165, 1.54) is 0 Å². The number of alkyl carbamates (subject to hydrolysis) is 1. The second kappa shape index (κ2) is 7.71. The minimum Gasteiger partial charge on any atom is -0.463 e. The Morgan fingerprint density at radius 1 is 1.21 bits per heavy atom. The van der Waals surface area contributed by atoms with Gasteiger partial charge in [0.1, 0.15) is 17.9 Å². The Hall–Kier alpha value is -2.74. The van der Waals surface area contributed by atoms with Gasteiger partial charge in [-0.2, -0.15) is 0 Å². The van der Waals surface area contributed by atoms with Crippen LogP contribution in [0.2, 0.25) is 5.02 Å². The number of nitrogens with one attached hydrogen (secondary N) is 3. The quantitative estimate of drug-likeness (QED) is 0.678. The molecule has 28 heavy (non-hydrogen) atoms. The third-order valence-electron chi connectivity index (χ3n) is 4.14. The first-order chi connectivity index (χ1) is 13.1. The van der Waals surface area contributed by atoms with E-state index < -0.39 is 35.7 Å². The van der Waals surface area contributed by atoms with E-state index in [-0.39, 0.29) is 13.0 Å². The zero-order valence-corrected chi connectivity index (χ0v) is 16.6. The van der Waals surface area contributed by atoms with Crippen molar-refractivity contribution in [2.24, 2.45) is 0 Å². The Balaban J connectivity index is 1.71. The second-order valence-electron chi connectivity index (χ2n) is 7.63. The largest absolute Gasteiger partial charge is 0.463 e. The van der Waals surface area contributed by atoms with E-state index in [0.29, 0.717) is 10.7 Å². The molecule has 2 aromatic rings. The van der Waals surface area contributed by atoms with Crippen molar-refractivity contribution in [1.82, 2.24) is 15.6 Å². The summed E-state index contributed by atoms with van der Waals surface area (Å²) in [6.07, 6.45) is -0.701. The Kier molecular flexibility index (Phi) is 5.51. The first kappa shape index (κ1) is 20.0. The van der Waals surface area contributed by atoms with E-state index in [2.05, 4.69) is 15.6 Å². The van der Waals surface area contributed by atoms with E-state index in [9.17, 15) is 14.4 Å². The summed E-state index contributed by atoms with van der Waals surface area (Å²) in [5.41, 5.74) is 0.424. The minimum absolute atomic E-state index is 0.0503. The SMILES string of the molecule is CC(C)(C)OC(=O)NC1COC(=O)CC1NC(=O)c1cc2cc(Cl)ccc2[nH]1. The van der Waals surface area contributed by atoms with Crippen molar-refractivity contribution in [3.05, 3.63) is 35.0 Å². The monoisotopic (exact) mass is 407 g/mol. The highest BCUT2D eigenvalue weighted by Crippen LogP contribution is 2.20. The van der Waals surface area contributed by atoms with E-state index >= 15 is 0 Å². The maximum atomic E-state index is 12.7. The number of hydrogen-bond donors (Lipinski definition) is 3. The van der Waals surface area contributed by atoms with Gasteiger partial charge in [0.05, 0.1) is 18.5 Å². The number of benzene rings is 1. The highest BCUT2D eigenvalue weighted by Gasteiger charge is 2.34. The second-order valence-corrected chi connectivity index (χ2v) is 8.07. The molecule has 2 unspecified atom stereocenters. The number of H-pyrrole nitrogens is 1. The van der Waals surface area contributed by atoms with Gasteiger partial charge in [-0.25, -0.2) is 4.79 Å². The summed E-state index contributed by atoms with van der Waals surface area (Å²) < 4.78 is 10.3. The maximum Gasteiger partial charge on any atom is 0.408 e. The van der Waals surface area contributed by atoms with Gasteiger partial charge in [0.2, 0.25) is 0 Å². The first-order valence-electron chi connectivity index (χ1n) is 8.85. The number of hydrogen-bond acceptors (Lipinski definition) is 5. The predicted octanol–water partition coefficient (Wildman–Crippen LogP) is 2.76. The highest BCUT2D eigenvalue weighted by atomic mass is 35.5. The Bertz CT molecular complexity index is 918. The number of rotatable bonds is 3. The molecule has 1 aliphatic rings. The van der Waals surface area contributed by atoms with Crippen LogP contribution >= 0.6 is 11.6 Å². The van der Waals surface area contributed by atoms with Crippen molar-refractivity contribution in [1.29, 1.82) is 0 Å². The van der Waals surface area contributed by atoms with Crippen molar-refractivity contribution in [2.45, 2.75) is 44.9 Å². The number of aromatic amines is 1. The van der Waals surface area contributed by atoms with E-state index in [4.69, 9.17) is 21.1 Å². The number of amides is 2. The van der Waals surface area contributed by atoms with Gasteiger partial charge in [-0.05, 0) is 45.0 Å². The molecule has 9 heteroatoms. The topological polar surface area (TPSA) is 110 Å². The van der Waals surface area contributed by atoms with E-state index in [0.717, 1.165) is 10.9 Å². The molecule has 2 amide bonds. The fourth-order valence-corrected chi connectivity index (χ4v) is 3.08. The highest BCUT2D eigenvalue weighted by molar-refractivity contribution is 6.31. The van der Waals surface area contributed by atoms with Crippen LogP contribution in [0.5, 0.6) is 0 Å². The predicted molar refractivity (Wildman–Crippen MR) is 103 cm³/mol. The van der Waals surface area contributed by atoms with Crippen LogP contribution in [0.3, 0.4) is 0 Å². The molecule has 8 nitrogen and oxygen atoms in total. The molecule has 1 saturated heterocycles. The fourth-order valence-electron chi connectivity index (χ4n) is 2.90. The maximum absolute atomic E-state index is 12.7. The lowest BCUT2D eigenvalue weighted by molar-refractivity contribution is -0.149. The van der Waals surface area contributed by atoms with Crippen LogP contribution in [0.25, 0.3) is 10.9 Å². The molecule has 2 atom stereocenters. The molecule has 2 heterocycles. The molecule has 3 N–H and O–H groups in total. The molecule has 0 spiro atoms. The number of esters is 1. The van der Waals surface area contributed by atoms with E-state index in [1.807, 2.05) is 0 Å². The van der Waals surface area contributed by atoms with Crippen LogP contribution in [0.4, 0.5) is 4.79 Å². The van der Waals surface area contributed by atoms with Crippen molar-refractivity contribution in [2.75, 3.05) is 6.61 Å². The van der Waals surface area contributed by atoms with Crippen LogP contribution in [-0.4, -0.2) is 47.2 Å². The summed E-state index contributed by atoms with van der Waals surface area (Å²) in [6, 6.07) is 5.69. The zero-order valence-electron chi connectivity index (χ0n) is 15.8. The summed E-state index contributed by atoms with van der Waals surface area (Å²) in [7, 11) is 0. The lowest BCUT2D eigenvalue weighted by atomic mass is 10.0. The standard InChI is InChI=1S/C19H22ClN3O5/c1-19(2,3)28-18(26)23-15-9-27-16(24)8-13(15)22-17(25)14-7-10-6-11(20)4-5-12(10)21-14/h4-7,13,15,21H,8-9H2,1-3H3,(H,22,25)(H,23,26). The molecule has 0 radical (unpaired) electrons. The molecule has 1 aliphatic heterocycles. The van der Waals surface area contributed by atoms with Crippen LogP contribution in [0, 0.1) is 0 Å². The lowest BCUT2D eigenvalue weighted by Crippen LogP contribution is -2.58. The number of carbonyl (C=O) groups excluding carboxylic acids is 3. The van der Waals surface area contributed by atoms with Crippen LogP contribution in [0.1, 0.15) is 37.7 Å².